The molecule has 0 spiro atoms. The Morgan fingerprint density at radius 1 is 0.407 bits per heavy atom. The number of hydrogen-bond donors (Lipinski definition) is 0. The first-order valence-corrected chi connectivity index (χ1v) is 22.6. The lowest BCUT2D eigenvalue weighted by molar-refractivity contribution is 0.486. The van der Waals surface area contributed by atoms with Gasteiger partial charge in [0, 0.05) is 29.4 Å². The van der Waals surface area contributed by atoms with Gasteiger partial charge in [-0.2, -0.15) is 0 Å². The summed E-state index contributed by atoms with van der Waals surface area (Å²) in [6.45, 7) is 0.00299. The zero-order valence-electron chi connectivity index (χ0n) is 32.0. The lowest BCUT2D eigenvalue weighted by Gasteiger charge is -2.50. The van der Waals surface area contributed by atoms with Gasteiger partial charge in [0.1, 0.15) is 11.5 Å². The Morgan fingerprint density at radius 3 is 1.56 bits per heavy atom. The fraction of sp³-hybridized carbons (Fsp3) is 0. The maximum absolute atomic E-state index is 6.99. The van der Waals surface area contributed by atoms with Gasteiger partial charge in [-0.1, -0.05) is 163 Å². The smallest absolute Gasteiger partial charge is 0.253 e. The van der Waals surface area contributed by atoms with E-state index in [-0.39, 0.29) is 6.71 Å². The highest BCUT2D eigenvalue weighted by atomic mass is 32.3. The van der Waals surface area contributed by atoms with Crippen LogP contribution in [-0.4, -0.2) is 6.71 Å². The highest BCUT2D eigenvalue weighted by Crippen LogP contribution is 2.79. The van der Waals surface area contributed by atoms with Crippen molar-refractivity contribution in [1.29, 1.82) is 0 Å². The quantitative estimate of drug-likeness (QED) is 0.161. The fourth-order valence-electron chi connectivity index (χ4n) is 9.49. The summed E-state index contributed by atoms with van der Waals surface area (Å²) < 4.78 is 6.99. The molecule has 0 amide bonds. The van der Waals surface area contributed by atoms with Crippen LogP contribution in [0.5, 0.6) is 11.5 Å². The van der Waals surface area contributed by atoms with Gasteiger partial charge in [-0.25, -0.2) is 0 Å². The molecule has 0 bridgehead atoms. The Balaban J connectivity index is 1.11. The maximum atomic E-state index is 6.99. The molecule has 9 aromatic carbocycles. The van der Waals surface area contributed by atoms with Gasteiger partial charge in [0.05, 0.1) is 17.1 Å². The fourth-order valence-corrected chi connectivity index (χ4v) is 15.0. The van der Waals surface area contributed by atoms with Crippen LogP contribution in [0.3, 0.4) is 0 Å². The molecular weight excluding hydrogens is 754 g/mol. The summed E-state index contributed by atoms with van der Waals surface area (Å²) >= 11 is 1.88. The molecule has 0 unspecified atom stereocenters. The van der Waals surface area contributed by atoms with E-state index in [1.807, 2.05) is 11.8 Å². The van der Waals surface area contributed by atoms with Gasteiger partial charge in [-0.15, -0.1) is 10.0 Å². The van der Waals surface area contributed by atoms with Gasteiger partial charge >= 0.3 is 0 Å². The van der Waals surface area contributed by atoms with Crippen LogP contribution in [0.4, 0.5) is 17.1 Å². The van der Waals surface area contributed by atoms with E-state index in [0.717, 1.165) is 22.6 Å². The standard InChI is InChI=1S/C54H36BNOS2/c1-5-18-37(19-6-1)39-32-33-43-48(34-39)57-49-35-40(38-20-7-2-8-21-38)36-50-53(49)55(43)44-26-17-29-47(54(44)58-50)56-45-27-13-15-30-51(45)59(41-22-9-3-10-23-41,42-24-11-4-12-25-42)52-31-16-14-28-46(52)56/h1-36H. The Labute approximate surface area is 351 Å². The van der Waals surface area contributed by atoms with Crippen molar-refractivity contribution < 1.29 is 4.74 Å². The van der Waals surface area contributed by atoms with Gasteiger partial charge in [-0.05, 0) is 106 Å². The monoisotopic (exact) mass is 789 g/mol. The maximum Gasteiger partial charge on any atom is 0.253 e. The zero-order chi connectivity index (χ0) is 38.9. The van der Waals surface area contributed by atoms with E-state index >= 15 is 0 Å². The van der Waals surface area contributed by atoms with Crippen LogP contribution in [0.2, 0.25) is 0 Å². The number of para-hydroxylation sites is 2. The molecule has 278 valence electrons. The summed E-state index contributed by atoms with van der Waals surface area (Å²) in [5, 5.41) is 0. The van der Waals surface area contributed by atoms with Crippen molar-refractivity contribution in [3.8, 4) is 33.8 Å². The molecule has 3 heterocycles. The predicted octanol–water partition coefficient (Wildman–Crippen LogP) is 13.2. The second kappa shape index (κ2) is 13.7. The summed E-state index contributed by atoms with van der Waals surface area (Å²) in [5.74, 6) is 1.84. The van der Waals surface area contributed by atoms with E-state index in [2.05, 4.69) is 223 Å². The predicted molar refractivity (Wildman–Crippen MR) is 247 cm³/mol. The van der Waals surface area contributed by atoms with Crippen LogP contribution in [0.25, 0.3) is 22.3 Å². The number of nitrogens with zero attached hydrogens (tertiary/aromatic N) is 1. The van der Waals surface area contributed by atoms with Gasteiger partial charge in [0.25, 0.3) is 6.71 Å². The normalized spacial score (nSPS) is 14.4. The number of fused-ring (bicyclic) bond motifs is 6. The topological polar surface area (TPSA) is 12.5 Å². The van der Waals surface area contributed by atoms with Crippen molar-refractivity contribution in [3.63, 3.8) is 0 Å². The third kappa shape index (κ3) is 5.25. The summed E-state index contributed by atoms with van der Waals surface area (Å²) in [6.07, 6.45) is 0. The first-order valence-electron chi connectivity index (χ1n) is 20.1. The average molecular weight is 790 g/mol. The van der Waals surface area contributed by atoms with E-state index in [4.69, 9.17) is 4.74 Å². The molecule has 0 fully saturated rings. The lowest BCUT2D eigenvalue weighted by atomic mass is 9.35. The Hall–Kier alpha value is -6.66. The minimum Gasteiger partial charge on any atom is -0.458 e. The van der Waals surface area contributed by atoms with E-state index < -0.39 is 10.0 Å². The van der Waals surface area contributed by atoms with Crippen LogP contribution in [-0.2, 0) is 0 Å². The minimum absolute atomic E-state index is 0.00299. The van der Waals surface area contributed by atoms with Crippen LogP contribution in [0.15, 0.2) is 248 Å². The van der Waals surface area contributed by atoms with Gasteiger partial charge in [0.2, 0.25) is 0 Å². The number of rotatable bonds is 5. The zero-order valence-corrected chi connectivity index (χ0v) is 33.7. The first-order chi connectivity index (χ1) is 29.3. The molecule has 0 atom stereocenters. The largest absolute Gasteiger partial charge is 0.458 e. The second-order valence-electron chi connectivity index (χ2n) is 15.2. The van der Waals surface area contributed by atoms with Crippen molar-refractivity contribution in [3.05, 3.63) is 218 Å². The van der Waals surface area contributed by atoms with E-state index in [0.29, 0.717) is 0 Å². The van der Waals surface area contributed by atoms with Crippen molar-refractivity contribution in [2.45, 2.75) is 29.4 Å². The molecule has 9 aromatic rings. The van der Waals surface area contributed by atoms with E-state index in [1.54, 1.807) is 0 Å². The SMILES string of the molecule is c1ccc(-c2ccc3c(c2)Oc2cc(-c4ccccc4)cc4c2B3c2cccc(N3c5ccccc5S(c5ccccc5)(c5ccccc5)c5ccccc53)c2S4)cc1. The Morgan fingerprint density at radius 2 is 0.932 bits per heavy atom. The minimum atomic E-state index is -1.86. The average Bonchev–Trinajstić information content (AvgIpc) is 3.31. The van der Waals surface area contributed by atoms with Crippen LogP contribution in [0, 0.1) is 0 Å². The molecule has 0 N–H and O–H groups in total. The highest BCUT2D eigenvalue weighted by molar-refractivity contribution is 8.34. The summed E-state index contributed by atoms with van der Waals surface area (Å²) in [6, 6.07) is 80.3. The van der Waals surface area contributed by atoms with E-state index in [1.165, 1.54) is 74.0 Å². The molecule has 0 saturated carbocycles. The molecule has 0 aliphatic carbocycles. The van der Waals surface area contributed by atoms with Crippen molar-refractivity contribution in [2.75, 3.05) is 4.90 Å². The van der Waals surface area contributed by atoms with Crippen LogP contribution in [0.1, 0.15) is 0 Å². The number of hydrogen-bond acceptors (Lipinski definition) is 3. The first kappa shape index (κ1) is 34.4. The highest BCUT2D eigenvalue weighted by Gasteiger charge is 2.45. The van der Waals surface area contributed by atoms with Crippen molar-refractivity contribution in [1.82, 2.24) is 0 Å². The second-order valence-corrected chi connectivity index (χ2v) is 19.3. The summed E-state index contributed by atoms with van der Waals surface area (Å²) in [7, 11) is -1.86. The molecule has 3 aliphatic heterocycles. The van der Waals surface area contributed by atoms with Crippen LogP contribution < -0.4 is 26.0 Å². The van der Waals surface area contributed by atoms with Gasteiger partial charge in [-0.3, -0.25) is 0 Å². The molecule has 0 aromatic heterocycles. The molecular formula is C54H36BNOS2. The third-order valence-corrected chi connectivity index (χ3v) is 17.2. The molecule has 2 nitrogen and oxygen atoms in total. The Kier molecular flexibility index (Phi) is 8.01. The molecule has 12 rings (SSSR count). The van der Waals surface area contributed by atoms with E-state index in [9.17, 15) is 0 Å². The van der Waals surface area contributed by atoms with Crippen molar-refractivity contribution >= 4 is 62.0 Å². The summed E-state index contributed by atoms with van der Waals surface area (Å²) in [5.41, 5.74) is 12.0. The van der Waals surface area contributed by atoms with Crippen molar-refractivity contribution in [2.24, 2.45) is 0 Å². The molecule has 5 heteroatoms. The molecule has 3 aliphatic rings. The Bertz CT molecular complexity index is 2980. The number of anilines is 3. The van der Waals surface area contributed by atoms with Gasteiger partial charge in [0.15, 0.2) is 0 Å². The summed E-state index contributed by atoms with van der Waals surface area (Å²) in [4.78, 5) is 10.4. The van der Waals surface area contributed by atoms with Crippen LogP contribution >= 0.6 is 21.8 Å². The van der Waals surface area contributed by atoms with Gasteiger partial charge < -0.3 is 9.64 Å². The molecule has 59 heavy (non-hydrogen) atoms. The lowest BCUT2D eigenvalue weighted by Crippen LogP contribution is -2.57. The number of benzene rings is 9. The molecule has 0 saturated heterocycles. The third-order valence-electron chi connectivity index (χ3n) is 12.0. The molecule has 0 radical (unpaired) electrons. The number of ether oxygens (including phenoxy) is 1.